The van der Waals surface area contributed by atoms with Gasteiger partial charge in [0.15, 0.2) is 18.2 Å². The highest BCUT2D eigenvalue weighted by atomic mass is 16.5. The summed E-state index contributed by atoms with van der Waals surface area (Å²) in [5.41, 5.74) is 15.8. The fourth-order valence-electron chi connectivity index (χ4n) is 2.71. The van der Waals surface area contributed by atoms with E-state index < -0.39 is 0 Å². The molecule has 2 heterocycles. The van der Waals surface area contributed by atoms with Crippen LogP contribution in [0.2, 0.25) is 0 Å². The smallest absolute Gasteiger partial charge is 0.257 e. The summed E-state index contributed by atoms with van der Waals surface area (Å²) in [6, 6.07) is 9.12. The Hall–Kier alpha value is -3.20. The molecule has 0 bridgehead atoms. The number of nitrogens with two attached hydrogens (primary N) is 1. The normalized spacial score (nSPS) is 14.7. The Labute approximate surface area is 156 Å². The molecule has 0 radical (unpaired) electrons. The summed E-state index contributed by atoms with van der Waals surface area (Å²) >= 11 is 0. The third kappa shape index (κ3) is 4.32. The second-order valence-electron chi connectivity index (χ2n) is 6.58. The van der Waals surface area contributed by atoms with Crippen molar-refractivity contribution in [1.82, 2.24) is 15.8 Å². The van der Waals surface area contributed by atoms with E-state index in [1.165, 1.54) is 12.8 Å². The molecule has 27 heavy (non-hydrogen) atoms. The second kappa shape index (κ2) is 7.58. The lowest BCUT2D eigenvalue weighted by Gasteiger charge is -2.14. The Bertz CT molecular complexity index is 840. The number of fused-ring (bicyclic) bond motifs is 1. The summed E-state index contributed by atoms with van der Waals surface area (Å²) in [6.45, 7) is 0.977. The van der Waals surface area contributed by atoms with Gasteiger partial charge in [-0.05, 0) is 24.8 Å². The van der Waals surface area contributed by atoms with Crippen molar-refractivity contribution >= 4 is 23.2 Å². The van der Waals surface area contributed by atoms with Crippen LogP contribution in [0.25, 0.3) is 0 Å². The number of amides is 1. The number of carbonyl (C=O) groups is 1. The predicted molar refractivity (Wildman–Crippen MR) is 101 cm³/mol. The summed E-state index contributed by atoms with van der Waals surface area (Å²) in [5.74, 6) is 2.62. The predicted octanol–water partition coefficient (Wildman–Crippen LogP) is 1.40. The van der Waals surface area contributed by atoms with Crippen molar-refractivity contribution in [2.24, 2.45) is 5.92 Å². The zero-order chi connectivity index (χ0) is 18.6. The van der Waals surface area contributed by atoms with Crippen molar-refractivity contribution in [1.29, 1.82) is 0 Å². The molecule has 6 N–H and O–H groups in total. The molecule has 1 saturated carbocycles. The number of rotatable bonds is 8. The van der Waals surface area contributed by atoms with Crippen LogP contribution in [0.3, 0.4) is 0 Å². The number of nitrogens with one attached hydrogen (secondary N) is 4. The first kappa shape index (κ1) is 17.2. The number of pyridine rings is 1. The van der Waals surface area contributed by atoms with Gasteiger partial charge in [-0.3, -0.25) is 15.6 Å². The average molecular weight is 370 g/mol. The van der Waals surface area contributed by atoms with Gasteiger partial charge in [0.05, 0.1) is 0 Å². The molecule has 9 nitrogen and oxygen atoms in total. The summed E-state index contributed by atoms with van der Waals surface area (Å²) < 4.78 is 11.6. The molecule has 1 aromatic carbocycles. The first-order valence-electron chi connectivity index (χ1n) is 8.87. The van der Waals surface area contributed by atoms with Gasteiger partial charge in [0, 0.05) is 18.2 Å². The molecule has 1 aliphatic heterocycles. The highest BCUT2D eigenvalue weighted by molar-refractivity contribution is 5.77. The lowest BCUT2D eigenvalue weighted by atomic mass is 10.2. The number of hydrogen-bond acceptors (Lipinski definition) is 8. The van der Waals surface area contributed by atoms with Crippen LogP contribution in [0.15, 0.2) is 30.3 Å². The summed E-state index contributed by atoms with van der Waals surface area (Å²) in [4.78, 5) is 16.1. The molecule has 0 unspecified atom stereocenters. The summed E-state index contributed by atoms with van der Waals surface area (Å²) in [7, 11) is 0. The number of para-hydroxylation sites is 1. The van der Waals surface area contributed by atoms with E-state index in [9.17, 15) is 4.79 Å². The zero-order valence-electron chi connectivity index (χ0n) is 14.7. The van der Waals surface area contributed by atoms with Gasteiger partial charge in [0.2, 0.25) is 0 Å². The number of carbonyl (C=O) groups excluding carboxylic acids is 1. The first-order chi connectivity index (χ1) is 13.2. The second-order valence-corrected chi connectivity index (χ2v) is 6.58. The number of hydrogen-bond donors (Lipinski definition) is 5. The van der Waals surface area contributed by atoms with E-state index in [-0.39, 0.29) is 19.1 Å². The number of nitrogens with zero attached hydrogens (tertiary/aromatic N) is 1. The minimum atomic E-state index is -0.112. The van der Waals surface area contributed by atoms with Crippen molar-refractivity contribution in [2.75, 3.05) is 29.7 Å². The molecule has 2 aromatic rings. The number of aromatic nitrogens is 1. The van der Waals surface area contributed by atoms with E-state index in [1.807, 2.05) is 24.3 Å². The first-order valence-corrected chi connectivity index (χ1v) is 8.87. The molecule has 9 heteroatoms. The number of ether oxygens (including phenoxy) is 2. The lowest BCUT2D eigenvalue weighted by molar-refractivity contribution is -0.123. The molecule has 0 spiro atoms. The Morgan fingerprint density at radius 1 is 1.22 bits per heavy atom. The minimum absolute atomic E-state index is 0.0171. The van der Waals surface area contributed by atoms with Crippen molar-refractivity contribution in [3.8, 4) is 11.5 Å². The van der Waals surface area contributed by atoms with Crippen LogP contribution in [0.5, 0.6) is 11.5 Å². The molecular weight excluding hydrogens is 348 g/mol. The molecule has 0 atom stereocenters. The quantitative estimate of drug-likeness (QED) is 0.473. The van der Waals surface area contributed by atoms with Crippen LogP contribution in [0, 0.1) is 5.92 Å². The number of benzene rings is 1. The molecule has 1 aliphatic carbocycles. The Balaban J connectivity index is 1.37. The van der Waals surface area contributed by atoms with Gasteiger partial charge in [-0.25, -0.2) is 4.98 Å². The molecule has 1 fully saturated rings. The number of hydrazine groups is 2. The van der Waals surface area contributed by atoms with Gasteiger partial charge in [-0.15, -0.1) is 5.53 Å². The lowest BCUT2D eigenvalue weighted by Crippen LogP contribution is -2.30. The number of nitrogen functional groups attached to an aromatic ring is 1. The monoisotopic (exact) mass is 370 g/mol. The van der Waals surface area contributed by atoms with Crippen LogP contribution in [-0.4, -0.2) is 24.0 Å². The Morgan fingerprint density at radius 3 is 2.93 bits per heavy atom. The van der Waals surface area contributed by atoms with Gasteiger partial charge in [-0.1, -0.05) is 18.2 Å². The van der Waals surface area contributed by atoms with Crippen LogP contribution in [0.4, 0.5) is 17.3 Å². The maximum atomic E-state index is 11.9. The van der Waals surface area contributed by atoms with Crippen LogP contribution >= 0.6 is 0 Å². The highest BCUT2D eigenvalue weighted by Gasteiger charge is 2.22. The van der Waals surface area contributed by atoms with Crippen molar-refractivity contribution in [2.45, 2.75) is 19.4 Å². The van der Waals surface area contributed by atoms with Gasteiger partial charge in [0.25, 0.3) is 5.91 Å². The van der Waals surface area contributed by atoms with Crippen LogP contribution in [0.1, 0.15) is 18.4 Å². The maximum absolute atomic E-state index is 11.9. The van der Waals surface area contributed by atoms with Crippen LogP contribution in [-0.2, 0) is 11.4 Å². The minimum Gasteiger partial charge on any atom is -0.486 e. The number of anilines is 3. The fourth-order valence-corrected chi connectivity index (χ4v) is 2.71. The third-order valence-electron chi connectivity index (χ3n) is 4.37. The third-order valence-corrected chi connectivity index (χ3v) is 4.37. The molecular formula is C18H22N6O3. The zero-order valence-corrected chi connectivity index (χ0v) is 14.7. The average Bonchev–Trinajstić information content (AvgIpc) is 3.39. The van der Waals surface area contributed by atoms with Gasteiger partial charge >= 0.3 is 0 Å². The summed E-state index contributed by atoms with van der Waals surface area (Å²) in [6.07, 6.45) is 2.40. The van der Waals surface area contributed by atoms with E-state index in [0.29, 0.717) is 34.7 Å². The van der Waals surface area contributed by atoms with E-state index in [1.54, 1.807) is 6.07 Å². The SMILES string of the molecule is Nc1cc(OCc2ccccc2OCC(=O)NCC2CC2)c2c(n1)NNN2. The van der Waals surface area contributed by atoms with Crippen molar-refractivity contribution in [3.05, 3.63) is 35.9 Å². The van der Waals surface area contributed by atoms with Gasteiger partial charge in [0.1, 0.15) is 23.9 Å². The van der Waals surface area contributed by atoms with E-state index >= 15 is 0 Å². The fraction of sp³-hybridized carbons (Fsp3) is 0.333. The van der Waals surface area contributed by atoms with E-state index in [0.717, 1.165) is 12.1 Å². The maximum Gasteiger partial charge on any atom is 0.257 e. The highest BCUT2D eigenvalue weighted by Crippen LogP contribution is 2.35. The molecule has 142 valence electrons. The topological polar surface area (TPSA) is 123 Å². The largest absolute Gasteiger partial charge is 0.486 e. The Morgan fingerprint density at radius 2 is 2.07 bits per heavy atom. The summed E-state index contributed by atoms with van der Waals surface area (Å²) in [5, 5.41) is 2.89. The van der Waals surface area contributed by atoms with Crippen LogP contribution < -0.4 is 36.9 Å². The van der Waals surface area contributed by atoms with E-state index in [4.69, 9.17) is 15.2 Å². The van der Waals surface area contributed by atoms with Gasteiger partial charge in [-0.2, -0.15) is 0 Å². The molecule has 4 rings (SSSR count). The van der Waals surface area contributed by atoms with Crippen molar-refractivity contribution in [3.63, 3.8) is 0 Å². The van der Waals surface area contributed by atoms with Crippen molar-refractivity contribution < 1.29 is 14.3 Å². The van der Waals surface area contributed by atoms with E-state index in [2.05, 4.69) is 26.7 Å². The molecule has 2 aliphatic rings. The standard InChI is InChI=1S/C18H22N6O3/c19-15-7-14(17-18(21-15)23-24-22-17)26-9-12-3-1-2-4-13(12)27-10-16(25)20-8-11-5-6-11/h1-4,7,11,22,24H,5-6,8-10H2,(H,20,25)(H3,19,21,23). The molecule has 1 amide bonds. The molecule has 1 aromatic heterocycles. The Kier molecular flexibility index (Phi) is 4.84. The van der Waals surface area contributed by atoms with Gasteiger partial charge < -0.3 is 20.5 Å². The molecule has 0 saturated heterocycles.